The number of hydrogen-bond donors (Lipinski definition) is 4. The van der Waals surface area contributed by atoms with Crippen molar-refractivity contribution in [3.8, 4) is 0 Å². The molecule has 0 aliphatic carbocycles. The van der Waals surface area contributed by atoms with Gasteiger partial charge in [0.2, 0.25) is 0 Å². The van der Waals surface area contributed by atoms with Crippen LogP contribution in [0.3, 0.4) is 0 Å². The number of amides is 5. The van der Waals surface area contributed by atoms with E-state index in [2.05, 4.69) is 81.3 Å². The summed E-state index contributed by atoms with van der Waals surface area (Å²) < 4.78 is 25.9. The molecule has 4 aromatic heterocycles. The van der Waals surface area contributed by atoms with Gasteiger partial charge in [0.05, 0.1) is 49.9 Å². The van der Waals surface area contributed by atoms with Crippen LogP contribution in [0.5, 0.6) is 0 Å². The molecule has 0 atom stereocenters. The molecule has 26 nitrogen and oxygen atoms in total. The first-order chi connectivity index (χ1) is 40.6. The standard InChI is InChI=1S/C16H24N4O3.C16H23N3O4.C11H16N4O.C9H18N2O2.C7H6BrNO2/c1-16(2,3)23-15(22)20-9-7-19(8-10-20)12-5-6-13(18-11-12)14(21)17-4;1-16(2,3)23-15(21)19-9-7-18(8-10-19)12-5-6-13(17-11-12)14(20)22-4;1-12-11(16)10-3-2-9(8-14-10)15-6-4-13-5-7-15;1-9(2,3)13-8(12)11-6-4-10-5-7-11;1-11-7(10)6-3-2-5(8)4-9-6/h5-6,11H,7-10H2,1-4H3,(H,17,21);5-6,11H,7-10H2,1-4H3;2-3,8,13H,4-7H2,1H3,(H,12,16);10H,4-7H2,1-3H3;2-4H,1H3. The Hall–Kier alpha value is -7.91. The average Bonchev–Trinajstić information content (AvgIpc) is 3.22. The summed E-state index contributed by atoms with van der Waals surface area (Å²) in [5, 5.41) is 11.6. The number of nitrogens with one attached hydrogen (secondary N) is 4. The van der Waals surface area contributed by atoms with Crippen LogP contribution in [0, 0.1) is 0 Å². The van der Waals surface area contributed by atoms with Gasteiger partial charge in [-0.15, -0.1) is 0 Å². The van der Waals surface area contributed by atoms with E-state index in [9.17, 15) is 33.6 Å². The highest BCUT2D eigenvalue weighted by atomic mass is 79.9. The quantitative estimate of drug-likeness (QED) is 0.127. The number of rotatable bonds is 7. The maximum Gasteiger partial charge on any atom is 0.410 e. The van der Waals surface area contributed by atoms with Gasteiger partial charge in [0.25, 0.3) is 11.8 Å². The lowest BCUT2D eigenvalue weighted by Crippen LogP contribution is -2.50. The van der Waals surface area contributed by atoms with Crippen LogP contribution in [0.15, 0.2) is 77.8 Å². The lowest BCUT2D eigenvalue weighted by Gasteiger charge is -2.36. The van der Waals surface area contributed by atoms with Gasteiger partial charge in [0, 0.05) is 129 Å². The molecule has 4 aliphatic rings. The van der Waals surface area contributed by atoms with Gasteiger partial charge in [-0.3, -0.25) is 9.59 Å². The Labute approximate surface area is 513 Å². The molecule has 0 spiro atoms. The molecule has 472 valence electrons. The van der Waals surface area contributed by atoms with Crippen LogP contribution >= 0.6 is 15.9 Å². The lowest BCUT2D eigenvalue weighted by molar-refractivity contribution is 0.0221. The van der Waals surface area contributed by atoms with E-state index in [1.165, 1.54) is 14.2 Å². The SMILES string of the molecule is CC(C)(C)OC(=O)N1CCNCC1.CNC(=O)c1ccc(N2CCN(C(=O)OC(C)(C)C)CC2)cn1.CNC(=O)c1ccc(N2CCNCC2)cn1.COC(=O)c1ccc(Br)cn1.COC(=O)c1ccc(N2CCN(C(=O)OC(C)(C)C)CC2)cn1. The number of piperazine rings is 4. The fraction of sp³-hybridized carbons (Fsp3) is 0.542. The van der Waals surface area contributed by atoms with Gasteiger partial charge in [-0.1, -0.05) is 0 Å². The van der Waals surface area contributed by atoms with Gasteiger partial charge >= 0.3 is 30.2 Å². The van der Waals surface area contributed by atoms with Crippen molar-refractivity contribution in [2.45, 2.75) is 79.1 Å². The van der Waals surface area contributed by atoms with E-state index in [-0.39, 0.29) is 41.4 Å². The molecule has 5 amide bonds. The van der Waals surface area contributed by atoms with E-state index in [4.69, 9.17) is 14.2 Å². The molecular weight excluding hydrogens is 1180 g/mol. The minimum atomic E-state index is -0.484. The number of hydrogen-bond acceptors (Lipinski definition) is 21. The Balaban J connectivity index is 0.000000237. The van der Waals surface area contributed by atoms with E-state index in [0.29, 0.717) is 69.4 Å². The number of aromatic nitrogens is 4. The zero-order chi connectivity index (χ0) is 63.6. The highest BCUT2D eigenvalue weighted by molar-refractivity contribution is 9.10. The summed E-state index contributed by atoms with van der Waals surface area (Å²) in [6.45, 7) is 29.2. The predicted octanol–water partition coefficient (Wildman–Crippen LogP) is 5.73. The summed E-state index contributed by atoms with van der Waals surface area (Å²) in [4.78, 5) is 108. The molecule has 4 aliphatic heterocycles. The first-order valence-corrected chi connectivity index (χ1v) is 29.1. The van der Waals surface area contributed by atoms with Crippen LogP contribution in [-0.4, -0.2) is 227 Å². The first kappa shape index (κ1) is 70.6. The maximum atomic E-state index is 12.0. The molecule has 4 fully saturated rings. The summed E-state index contributed by atoms with van der Waals surface area (Å²) in [5.41, 5.74) is 3.04. The molecule has 27 heteroatoms. The van der Waals surface area contributed by atoms with Crippen molar-refractivity contribution >= 4 is 75.0 Å². The lowest BCUT2D eigenvalue weighted by atomic mass is 10.2. The van der Waals surface area contributed by atoms with Crippen molar-refractivity contribution in [1.29, 1.82) is 0 Å². The number of methoxy groups -OCH3 is 2. The highest BCUT2D eigenvalue weighted by Crippen LogP contribution is 2.21. The van der Waals surface area contributed by atoms with Gasteiger partial charge in [0.1, 0.15) is 39.6 Å². The van der Waals surface area contributed by atoms with Crippen LogP contribution in [0.25, 0.3) is 0 Å². The van der Waals surface area contributed by atoms with Crippen LogP contribution < -0.4 is 36.0 Å². The number of pyridine rings is 4. The molecule has 8 rings (SSSR count). The van der Waals surface area contributed by atoms with E-state index >= 15 is 0 Å². The predicted molar refractivity (Wildman–Crippen MR) is 330 cm³/mol. The van der Waals surface area contributed by atoms with E-state index < -0.39 is 23.1 Å². The van der Waals surface area contributed by atoms with E-state index in [0.717, 1.165) is 73.9 Å². The Morgan fingerprint density at radius 3 is 0.988 bits per heavy atom. The molecule has 0 aromatic carbocycles. The van der Waals surface area contributed by atoms with Crippen molar-refractivity contribution in [3.05, 3.63) is 101 Å². The number of anilines is 3. The summed E-state index contributed by atoms with van der Waals surface area (Å²) in [6.07, 6.45) is 5.89. The second kappa shape index (κ2) is 34.3. The average molecular weight is 1260 g/mol. The smallest absolute Gasteiger partial charge is 0.410 e. The minimum absolute atomic E-state index is 0.146. The number of ether oxygens (including phenoxy) is 5. The minimum Gasteiger partial charge on any atom is -0.464 e. The van der Waals surface area contributed by atoms with E-state index in [1.807, 2.05) is 80.5 Å². The Bertz CT molecular complexity index is 2660. The Morgan fingerprint density at radius 2 is 0.709 bits per heavy atom. The maximum absolute atomic E-state index is 12.0. The third-order valence-electron chi connectivity index (χ3n) is 12.5. The van der Waals surface area contributed by atoms with Gasteiger partial charge < -0.3 is 74.4 Å². The zero-order valence-electron chi connectivity index (χ0n) is 52.0. The van der Waals surface area contributed by atoms with Crippen molar-refractivity contribution in [2.24, 2.45) is 0 Å². The molecule has 86 heavy (non-hydrogen) atoms. The molecule has 4 saturated heterocycles. The zero-order valence-corrected chi connectivity index (χ0v) is 53.6. The fourth-order valence-corrected chi connectivity index (χ4v) is 8.35. The van der Waals surface area contributed by atoms with Crippen molar-refractivity contribution in [1.82, 2.24) is 55.9 Å². The topological polar surface area (TPSA) is 285 Å². The summed E-state index contributed by atoms with van der Waals surface area (Å²) >= 11 is 3.20. The molecule has 0 bridgehead atoms. The molecule has 8 heterocycles. The third kappa shape index (κ3) is 25.0. The molecule has 0 saturated carbocycles. The Morgan fingerprint density at radius 1 is 0.419 bits per heavy atom. The summed E-state index contributed by atoms with van der Waals surface area (Å²) in [7, 11) is 5.84. The van der Waals surface area contributed by atoms with Gasteiger partial charge in [-0.05, 0) is 127 Å². The largest absolute Gasteiger partial charge is 0.464 e. The van der Waals surface area contributed by atoms with Crippen LogP contribution in [0.4, 0.5) is 31.4 Å². The number of esters is 2. The second-order valence-electron chi connectivity index (χ2n) is 22.6. The van der Waals surface area contributed by atoms with Gasteiger partial charge in [-0.25, -0.2) is 43.9 Å². The number of carbonyl (C=O) groups is 7. The van der Waals surface area contributed by atoms with Crippen LogP contribution in [-0.2, 0) is 23.7 Å². The van der Waals surface area contributed by atoms with E-state index in [1.54, 1.807) is 83.9 Å². The van der Waals surface area contributed by atoms with Crippen molar-refractivity contribution < 1.29 is 57.2 Å². The number of carbonyl (C=O) groups excluding carboxylic acids is 7. The highest BCUT2D eigenvalue weighted by Gasteiger charge is 2.28. The summed E-state index contributed by atoms with van der Waals surface area (Å²) in [6, 6.07) is 14.1. The molecular formula is C59H87BrN14O12. The van der Waals surface area contributed by atoms with Gasteiger partial charge in [0.15, 0.2) is 0 Å². The second-order valence-corrected chi connectivity index (χ2v) is 23.5. The third-order valence-corrected chi connectivity index (χ3v) is 13.0. The van der Waals surface area contributed by atoms with Crippen molar-refractivity contribution in [2.75, 3.05) is 148 Å². The molecule has 4 aromatic rings. The summed E-state index contributed by atoms with van der Waals surface area (Å²) in [5.74, 6) is -1.22. The normalized spacial score (nSPS) is 15.1. The monoisotopic (exact) mass is 1260 g/mol. The first-order valence-electron chi connectivity index (χ1n) is 28.3. The number of halogens is 1. The number of nitrogens with zero attached hydrogens (tertiary/aromatic N) is 10. The molecule has 0 unspecified atom stereocenters. The molecule has 4 N–H and O–H groups in total. The molecule has 0 radical (unpaired) electrons. The fourth-order valence-electron chi connectivity index (χ4n) is 8.11. The van der Waals surface area contributed by atoms with Gasteiger partial charge in [-0.2, -0.15) is 0 Å². The van der Waals surface area contributed by atoms with Crippen molar-refractivity contribution in [3.63, 3.8) is 0 Å². The van der Waals surface area contributed by atoms with Crippen LogP contribution in [0.2, 0.25) is 0 Å². The Kier molecular flexibility index (Phi) is 28.1. The van der Waals surface area contributed by atoms with Crippen LogP contribution in [0.1, 0.15) is 104 Å².